The first kappa shape index (κ1) is 13.7. The Labute approximate surface area is 119 Å². The van der Waals surface area contributed by atoms with E-state index >= 15 is 0 Å². The lowest BCUT2D eigenvalue weighted by Gasteiger charge is -1.94. The van der Waals surface area contributed by atoms with Gasteiger partial charge in [0.1, 0.15) is 0 Å². The third-order valence-corrected chi connectivity index (χ3v) is 2.82. The Bertz CT molecular complexity index is 573. The fraction of sp³-hybridized carbons (Fsp3) is 0. The zero-order valence-corrected chi connectivity index (χ0v) is 11.2. The molecule has 0 amide bonds. The lowest BCUT2D eigenvalue weighted by atomic mass is 10.1. The van der Waals surface area contributed by atoms with Crippen LogP contribution in [0.15, 0.2) is 71.9 Å². The summed E-state index contributed by atoms with van der Waals surface area (Å²) in [5.74, 6) is 0. The molecule has 0 N–H and O–H groups in total. The van der Waals surface area contributed by atoms with Gasteiger partial charge in [0.25, 0.3) is 0 Å². The molecule has 2 rings (SSSR count). The maximum absolute atomic E-state index is 4.03. The minimum Gasteiger partial charge on any atom is -0.159 e. The van der Waals surface area contributed by atoms with Gasteiger partial charge in [-0.1, -0.05) is 73.8 Å². The van der Waals surface area contributed by atoms with E-state index in [1.807, 2.05) is 60.7 Å². The zero-order valence-electron chi connectivity index (χ0n) is 11.2. The Morgan fingerprint density at radius 3 is 1.15 bits per heavy atom. The highest BCUT2D eigenvalue weighted by Gasteiger charge is 1.89. The van der Waals surface area contributed by atoms with Crippen LogP contribution in [0.25, 0.3) is 12.2 Å². The van der Waals surface area contributed by atoms with E-state index in [0.29, 0.717) is 0 Å². The van der Waals surface area contributed by atoms with E-state index in [9.17, 15) is 0 Å². The van der Waals surface area contributed by atoms with Crippen LogP contribution in [-0.2, 0) is 0 Å². The lowest BCUT2D eigenvalue weighted by Crippen LogP contribution is -1.82. The molecule has 0 unspecified atom stereocenters. The minimum atomic E-state index is 1.01. The number of nitrogens with zero attached hydrogens (tertiary/aromatic N) is 2. The van der Waals surface area contributed by atoms with Gasteiger partial charge >= 0.3 is 0 Å². The summed E-state index contributed by atoms with van der Waals surface area (Å²) in [6.45, 7) is 7.44. The van der Waals surface area contributed by atoms with Gasteiger partial charge in [-0.15, -0.1) is 0 Å². The maximum Gasteiger partial charge on any atom is 0.0568 e. The summed E-state index contributed by atoms with van der Waals surface area (Å²) >= 11 is 0. The largest absolute Gasteiger partial charge is 0.159 e. The quantitative estimate of drug-likeness (QED) is 0.561. The van der Waals surface area contributed by atoms with Crippen LogP contribution >= 0.6 is 0 Å². The fourth-order valence-electron chi connectivity index (χ4n) is 1.64. The summed E-state index contributed by atoms with van der Waals surface area (Å²) in [5.41, 5.74) is 4.20. The van der Waals surface area contributed by atoms with Crippen molar-refractivity contribution in [3.8, 4) is 0 Å². The van der Waals surface area contributed by atoms with E-state index in [0.717, 1.165) is 22.3 Å². The Balaban J connectivity index is 1.98. The molecular formula is C18H16N2. The Morgan fingerprint density at radius 1 is 0.550 bits per heavy atom. The average molecular weight is 260 g/mol. The predicted molar refractivity (Wildman–Crippen MR) is 88.3 cm³/mol. The fourth-order valence-corrected chi connectivity index (χ4v) is 1.64. The van der Waals surface area contributed by atoms with E-state index < -0.39 is 0 Å². The van der Waals surface area contributed by atoms with Gasteiger partial charge in [-0.05, 0) is 22.3 Å². The first-order chi connectivity index (χ1) is 9.81. The van der Waals surface area contributed by atoms with E-state index in [4.69, 9.17) is 0 Å². The molecular weight excluding hydrogens is 244 g/mol. The first-order valence-corrected chi connectivity index (χ1v) is 6.33. The van der Waals surface area contributed by atoms with Crippen LogP contribution in [0.5, 0.6) is 0 Å². The molecule has 2 aromatic carbocycles. The molecule has 98 valence electrons. The van der Waals surface area contributed by atoms with Crippen molar-refractivity contribution in [1.82, 2.24) is 0 Å². The second kappa shape index (κ2) is 7.00. The van der Waals surface area contributed by atoms with Crippen molar-refractivity contribution in [2.24, 2.45) is 10.2 Å². The van der Waals surface area contributed by atoms with E-state index in [1.54, 1.807) is 12.4 Å². The van der Waals surface area contributed by atoms with Crippen molar-refractivity contribution in [3.05, 3.63) is 83.9 Å². The van der Waals surface area contributed by atoms with Crippen molar-refractivity contribution >= 4 is 24.6 Å². The van der Waals surface area contributed by atoms with Crippen LogP contribution in [0, 0.1) is 0 Å². The summed E-state index contributed by atoms with van der Waals surface area (Å²) in [5, 5.41) is 8.07. The van der Waals surface area contributed by atoms with Gasteiger partial charge in [0, 0.05) is 0 Å². The van der Waals surface area contributed by atoms with Crippen LogP contribution in [0.1, 0.15) is 22.3 Å². The highest BCUT2D eigenvalue weighted by molar-refractivity contribution is 5.83. The van der Waals surface area contributed by atoms with Gasteiger partial charge in [0.05, 0.1) is 12.4 Å². The van der Waals surface area contributed by atoms with Crippen LogP contribution < -0.4 is 0 Å². The third kappa shape index (κ3) is 3.89. The number of hydrogen-bond donors (Lipinski definition) is 0. The van der Waals surface area contributed by atoms with E-state index in [2.05, 4.69) is 23.4 Å². The lowest BCUT2D eigenvalue weighted by molar-refractivity contribution is 1.26. The van der Waals surface area contributed by atoms with Crippen LogP contribution in [0.2, 0.25) is 0 Å². The Morgan fingerprint density at radius 2 is 0.850 bits per heavy atom. The molecule has 0 aliphatic rings. The van der Waals surface area contributed by atoms with Gasteiger partial charge in [-0.3, -0.25) is 0 Å². The predicted octanol–water partition coefficient (Wildman–Crippen LogP) is 4.43. The number of rotatable bonds is 5. The van der Waals surface area contributed by atoms with Crippen LogP contribution in [-0.4, -0.2) is 12.4 Å². The number of benzene rings is 2. The smallest absolute Gasteiger partial charge is 0.0568 e. The highest BCUT2D eigenvalue weighted by Crippen LogP contribution is 2.04. The van der Waals surface area contributed by atoms with Gasteiger partial charge < -0.3 is 0 Å². The van der Waals surface area contributed by atoms with Crippen molar-refractivity contribution in [2.75, 3.05) is 0 Å². The summed E-state index contributed by atoms with van der Waals surface area (Å²) < 4.78 is 0. The molecule has 0 aliphatic heterocycles. The standard InChI is InChI=1S/C18H16N2/c1-3-15-5-9-17(10-6-15)13-19-20-14-18-11-7-16(4-2)8-12-18/h3-14H,1-2H2/b19-13+,20-14+. The van der Waals surface area contributed by atoms with Crippen molar-refractivity contribution in [1.29, 1.82) is 0 Å². The summed E-state index contributed by atoms with van der Waals surface area (Å²) in [4.78, 5) is 0. The van der Waals surface area contributed by atoms with E-state index in [-0.39, 0.29) is 0 Å². The monoisotopic (exact) mass is 260 g/mol. The van der Waals surface area contributed by atoms with Gasteiger partial charge in [-0.25, -0.2) is 0 Å². The van der Waals surface area contributed by atoms with Gasteiger partial charge in [-0.2, -0.15) is 10.2 Å². The van der Waals surface area contributed by atoms with Crippen molar-refractivity contribution in [2.45, 2.75) is 0 Å². The second-order valence-electron chi connectivity index (χ2n) is 4.23. The topological polar surface area (TPSA) is 24.7 Å². The van der Waals surface area contributed by atoms with Crippen LogP contribution in [0.3, 0.4) is 0 Å². The van der Waals surface area contributed by atoms with Crippen molar-refractivity contribution < 1.29 is 0 Å². The Kier molecular flexibility index (Phi) is 4.79. The zero-order chi connectivity index (χ0) is 14.2. The molecule has 0 radical (unpaired) electrons. The molecule has 2 nitrogen and oxygen atoms in total. The van der Waals surface area contributed by atoms with Crippen LogP contribution in [0.4, 0.5) is 0 Å². The van der Waals surface area contributed by atoms with E-state index in [1.165, 1.54) is 0 Å². The summed E-state index contributed by atoms with van der Waals surface area (Å²) in [6.07, 6.45) is 7.07. The minimum absolute atomic E-state index is 1.01. The molecule has 2 aromatic rings. The molecule has 0 aliphatic carbocycles. The SMILES string of the molecule is C=Cc1ccc(/C=N/N=C/c2ccc(C=C)cc2)cc1. The molecule has 0 atom stereocenters. The molecule has 2 heteroatoms. The van der Waals surface area contributed by atoms with Gasteiger partial charge in [0.2, 0.25) is 0 Å². The van der Waals surface area contributed by atoms with Crippen molar-refractivity contribution in [3.63, 3.8) is 0 Å². The molecule has 0 aromatic heterocycles. The maximum atomic E-state index is 4.03. The highest BCUT2D eigenvalue weighted by atomic mass is 15.2. The molecule has 0 heterocycles. The molecule has 0 fully saturated rings. The molecule has 0 bridgehead atoms. The Hall–Kier alpha value is -2.74. The normalized spacial score (nSPS) is 11.0. The first-order valence-electron chi connectivity index (χ1n) is 6.33. The molecule has 0 saturated heterocycles. The summed E-state index contributed by atoms with van der Waals surface area (Å²) in [6, 6.07) is 15.9. The second-order valence-corrected chi connectivity index (χ2v) is 4.23. The molecule has 20 heavy (non-hydrogen) atoms. The summed E-state index contributed by atoms with van der Waals surface area (Å²) in [7, 11) is 0. The molecule has 0 saturated carbocycles. The average Bonchev–Trinajstić information content (AvgIpc) is 2.53. The number of hydrogen-bond acceptors (Lipinski definition) is 2. The third-order valence-electron chi connectivity index (χ3n) is 2.82. The van der Waals surface area contributed by atoms with Gasteiger partial charge in [0.15, 0.2) is 0 Å². The molecule has 0 spiro atoms.